The van der Waals surface area contributed by atoms with Gasteiger partial charge in [-0.05, 0) is 31.4 Å². The summed E-state index contributed by atoms with van der Waals surface area (Å²) in [4.78, 5) is 11.9. The zero-order chi connectivity index (χ0) is 19.0. The fourth-order valence-electron chi connectivity index (χ4n) is 3.26. The van der Waals surface area contributed by atoms with Crippen molar-refractivity contribution >= 4 is 11.8 Å². The van der Waals surface area contributed by atoms with Crippen molar-refractivity contribution in [3.63, 3.8) is 0 Å². The Kier molecular flexibility index (Phi) is 12.7. The first-order chi connectivity index (χ1) is 12.6. The first kappa shape index (κ1) is 22.5. The maximum atomic E-state index is 11.9. The normalized spacial score (nSPS) is 10.7. The Labute approximate surface area is 160 Å². The Morgan fingerprint density at radius 3 is 1.77 bits per heavy atom. The van der Waals surface area contributed by atoms with Gasteiger partial charge in [-0.1, -0.05) is 95.8 Å². The van der Waals surface area contributed by atoms with Crippen molar-refractivity contribution in [3.8, 4) is 0 Å². The Hall–Kier alpha value is -1.51. The van der Waals surface area contributed by atoms with Gasteiger partial charge in [0.1, 0.15) is 0 Å². The molecule has 0 atom stereocenters. The molecule has 0 aliphatic carbocycles. The second-order valence-corrected chi connectivity index (χ2v) is 7.42. The smallest absolute Gasteiger partial charge is 0.411 e. The number of unbranched alkanes of at least 4 members (excludes halogenated alkanes) is 11. The molecule has 0 saturated carbocycles. The number of hydrogen-bond donors (Lipinski definition) is 1. The molecule has 0 saturated heterocycles. The van der Waals surface area contributed by atoms with Gasteiger partial charge in [0.05, 0.1) is 6.61 Å². The third-order valence-corrected chi connectivity index (χ3v) is 4.94. The number of carbonyl (C=O) groups is 1. The number of benzene rings is 1. The van der Waals surface area contributed by atoms with Crippen molar-refractivity contribution in [3.05, 3.63) is 29.3 Å². The number of aryl methyl sites for hydroxylation is 2. The van der Waals surface area contributed by atoms with Gasteiger partial charge in [0.2, 0.25) is 0 Å². The lowest BCUT2D eigenvalue weighted by atomic mass is 10.1. The molecule has 1 aromatic rings. The number of ether oxygens (including phenoxy) is 1. The van der Waals surface area contributed by atoms with E-state index >= 15 is 0 Å². The van der Waals surface area contributed by atoms with Crippen molar-refractivity contribution in [2.75, 3.05) is 11.9 Å². The summed E-state index contributed by atoms with van der Waals surface area (Å²) in [5.74, 6) is 0. The predicted molar refractivity (Wildman–Crippen MR) is 112 cm³/mol. The summed E-state index contributed by atoms with van der Waals surface area (Å²) in [7, 11) is 0. The Bertz CT molecular complexity index is 479. The van der Waals surface area contributed by atoms with Gasteiger partial charge in [0, 0.05) is 5.69 Å². The van der Waals surface area contributed by atoms with Crippen molar-refractivity contribution in [1.82, 2.24) is 0 Å². The van der Waals surface area contributed by atoms with E-state index in [1.54, 1.807) is 0 Å². The summed E-state index contributed by atoms with van der Waals surface area (Å²) in [6, 6.07) is 5.98. The van der Waals surface area contributed by atoms with Crippen molar-refractivity contribution in [2.45, 2.75) is 97.8 Å². The van der Waals surface area contributed by atoms with E-state index in [4.69, 9.17) is 4.74 Å². The molecule has 1 amide bonds. The predicted octanol–water partition coefficient (Wildman–Crippen LogP) is 7.55. The van der Waals surface area contributed by atoms with Gasteiger partial charge in [-0.3, -0.25) is 5.32 Å². The molecule has 3 heteroatoms. The van der Waals surface area contributed by atoms with Crippen LogP contribution in [0.5, 0.6) is 0 Å². The van der Waals surface area contributed by atoms with Gasteiger partial charge in [-0.25, -0.2) is 4.79 Å². The van der Waals surface area contributed by atoms with Crippen LogP contribution in [0, 0.1) is 13.8 Å². The molecular weight excluding hydrogens is 322 g/mol. The van der Waals surface area contributed by atoms with E-state index in [1.807, 2.05) is 32.0 Å². The summed E-state index contributed by atoms with van der Waals surface area (Å²) < 4.78 is 5.30. The zero-order valence-electron chi connectivity index (χ0n) is 17.2. The van der Waals surface area contributed by atoms with Crippen molar-refractivity contribution in [1.29, 1.82) is 0 Å². The second kappa shape index (κ2) is 14.6. The van der Waals surface area contributed by atoms with E-state index in [1.165, 1.54) is 64.2 Å². The van der Waals surface area contributed by atoms with Crippen LogP contribution < -0.4 is 5.32 Å². The topological polar surface area (TPSA) is 38.3 Å². The molecule has 0 aliphatic heterocycles. The molecule has 0 bridgehead atoms. The minimum atomic E-state index is -0.342. The van der Waals surface area contributed by atoms with Crippen LogP contribution in [0.3, 0.4) is 0 Å². The molecule has 0 heterocycles. The second-order valence-electron chi connectivity index (χ2n) is 7.42. The monoisotopic (exact) mass is 361 g/mol. The van der Waals surface area contributed by atoms with Crippen LogP contribution in [0.4, 0.5) is 10.5 Å². The molecule has 1 aromatic carbocycles. The number of rotatable bonds is 14. The summed E-state index contributed by atoms with van der Waals surface area (Å²) in [5.41, 5.74) is 2.99. The van der Waals surface area contributed by atoms with Gasteiger partial charge in [0.15, 0.2) is 0 Å². The minimum absolute atomic E-state index is 0.342. The average molecular weight is 362 g/mol. The molecule has 1 rings (SSSR count). The fourth-order valence-corrected chi connectivity index (χ4v) is 3.26. The number of amides is 1. The van der Waals surface area contributed by atoms with Crippen LogP contribution in [0.25, 0.3) is 0 Å². The van der Waals surface area contributed by atoms with E-state index in [0.29, 0.717) is 6.61 Å². The highest BCUT2D eigenvalue weighted by molar-refractivity contribution is 5.86. The summed E-state index contributed by atoms with van der Waals surface area (Å²) in [6.45, 7) is 6.76. The largest absolute Gasteiger partial charge is 0.449 e. The summed E-state index contributed by atoms with van der Waals surface area (Å²) in [5, 5.41) is 2.86. The standard InChI is InChI=1S/C23H39NO2/c1-4-5-6-7-8-9-10-11-12-13-14-15-19-26-23(25)24-22-20(2)17-16-18-21(22)3/h16-18H,4-15,19H2,1-3H3,(H,24,25). The van der Waals surface area contributed by atoms with E-state index in [9.17, 15) is 4.79 Å². The van der Waals surface area contributed by atoms with Crippen molar-refractivity contribution < 1.29 is 9.53 Å². The molecule has 0 radical (unpaired) electrons. The first-order valence-electron chi connectivity index (χ1n) is 10.6. The van der Waals surface area contributed by atoms with E-state index in [2.05, 4.69) is 12.2 Å². The molecule has 0 spiro atoms. The summed E-state index contributed by atoms with van der Waals surface area (Å²) >= 11 is 0. The van der Waals surface area contributed by atoms with Crippen LogP contribution in [0.15, 0.2) is 18.2 Å². The molecule has 26 heavy (non-hydrogen) atoms. The molecule has 0 unspecified atom stereocenters. The number of anilines is 1. The van der Waals surface area contributed by atoms with Gasteiger partial charge in [-0.15, -0.1) is 0 Å². The third kappa shape index (κ3) is 10.5. The highest BCUT2D eigenvalue weighted by Gasteiger charge is 2.07. The lowest BCUT2D eigenvalue weighted by Gasteiger charge is -2.11. The molecule has 148 valence electrons. The molecule has 0 fully saturated rings. The molecule has 3 nitrogen and oxygen atoms in total. The average Bonchev–Trinajstić information content (AvgIpc) is 2.62. The Morgan fingerprint density at radius 2 is 1.27 bits per heavy atom. The maximum absolute atomic E-state index is 11.9. The quantitative estimate of drug-likeness (QED) is 0.347. The van der Waals surface area contributed by atoms with Gasteiger partial charge in [-0.2, -0.15) is 0 Å². The van der Waals surface area contributed by atoms with Crippen LogP contribution in [0.1, 0.15) is 95.1 Å². The highest BCUT2D eigenvalue weighted by atomic mass is 16.5. The van der Waals surface area contributed by atoms with E-state index in [0.717, 1.165) is 29.7 Å². The Morgan fingerprint density at radius 1 is 0.808 bits per heavy atom. The zero-order valence-corrected chi connectivity index (χ0v) is 17.2. The number of hydrogen-bond acceptors (Lipinski definition) is 2. The van der Waals surface area contributed by atoms with Gasteiger partial charge >= 0.3 is 6.09 Å². The van der Waals surface area contributed by atoms with E-state index in [-0.39, 0.29) is 6.09 Å². The number of para-hydroxylation sites is 1. The molecule has 0 aliphatic rings. The van der Waals surface area contributed by atoms with Gasteiger partial charge in [0.25, 0.3) is 0 Å². The Balaban J connectivity index is 1.93. The maximum Gasteiger partial charge on any atom is 0.411 e. The van der Waals surface area contributed by atoms with Crippen molar-refractivity contribution in [2.24, 2.45) is 0 Å². The SMILES string of the molecule is CCCCCCCCCCCCCCOC(=O)Nc1c(C)cccc1C. The molecule has 1 N–H and O–H groups in total. The van der Waals surface area contributed by atoms with Crippen LogP contribution in [-0.4, -0.2) is 12.7 Å². The highest BCUT2D eigenvalue weighted by Crippen LogP contribution is 2.19. The van der Waals surface area contributed by atoms with Crippen LogP contribution in [0.2, 0.25) is 0 Å². The fraction of sp³-hybridized carbons (Fsp3) is 0.696. The first-order valence-corrected chi connectivity index (χ1v) is 10.6. The minimum Gasteiger partial charge on any atom is -0.449 e. The number of nitrogens with one attached hydrogen (secondary N) is 1. The third-order valence-electron chi connectivity index (χ3n) is 4.94. The lowest BCUT2D eigenvalue weighted by molar-refractivity contribution is 0.159. The van der Waals surface area contributed by atoms with E-state index < -0.39 is 0 Å². The lowest BCUT2D eigenvalue weighted by Crippen LogP contribution is -2.15. The summed E-state index contributed by atoms with van der Waals surface area (Å²) in [6.07, 6.45) is 15.4. The van der Waals surface area contributed by atoms with Crippen LogP contribution in [-0.2, 0) is 4.74 Å². The molecular formula is C23H39NO2. The number of carbonyl (C=O) groups excluding carboxylic acids is 1. The van der Waals surface area contributed by atoms with Crippen LogP contribution >= 0.6 is 0 Å². The van der Waals surface area contributed by atoms with Gasteiger partial charge < -0.3 is 4.74 Å². The molecule has 0 aromatic heterocycles.